The molecule has 0 bridgehead atoms. The van der Waals surface area contributed by atoms with Gasteiger partial charge in [0, 0.05) is 24.9 Å². The molecule has 0 saturated carbocycles. The Hall–Kier alpha value is -1.46. The van der Waals surface area contributed by atoms with E-state index in [2.05, 4.69) is 33.1 Å². The summed E-state index contributed by atoms with van der Waals surface area (Å²) in [7, 11) is 0. The van der Waals surface area contributed by atoms with Crippen LogP contribution in [0, 0.1) is 5.92 Å². The molecule has 5 heteroatoms. The summed E-state index contributed by atoms with van der Waals surface area (Å²) < 4.78 is 0. The predicted octanol–water partition coefficient (Wildman–Crippen LogP) is 2.46. The summed E-state index contributed by atoms with van der Waals surface area (Å²) in [5.41, 5.74) is 1.21. The van der Waals surface area contributed by atoms with Gasteiger partial charge in [0.15, 0.2) is 0 Å². The third-order valence-corrected chi connectivity index (χ3v) is 5.78. The van der Waals surface area contributed by atoms with Crippen molar-refractivity contribution < 1.29 is 4.79 Å². The third kappa shape index (κ3) is 5.02. The van der Waals surface area contributed by atoms with Crippen LogP contribution >= 0.6 is 0 Å². The molecule has 1 aromatic rings. The molecule has 2 aliphatic heterocycles. The molecule has 1 N–H and O–H groups in total. The van der Waals surface area contributed by atoms with E-state index in [9.17, 15) is 4.79 Å². The summed E-state index contributed by atoms with van der Waals surface area (Å²) in [5.74, 6) is 0.417. The van der Waals surface area contributed by atoms with Crippen molar-refractivity contribution in [3.05, 3.63) is 30.1 Å². The van der Waals surface area contributed by atoms with Gasteiger partial charge in [0.05, 0.1) is 6.04 Å². The fourth-order valence-corrected chi connectivity index (χ4v) is 4.11. The maximum Gasteiger partial charge on any atom is 0.223 e. The number of amides is 1. The third-order valence-electron chi connectivity index (χ3n) is 5.78. The lowest BCUT2D eigenvalue weighted by atomic mass is 9.95. The molecule has 25 heavy (non-hydrogen) atoms. The van der Waals surface area contributed by atoms with Gasteiger partial charge in [-0.05, 0) is 70.0 Å². The van der Waals surface area contributed by atoms with Crippen molar-refractivity contribution >= 4 is 5.91 Å². The molecule has 1 amide bonds. The summed E-state index contributed by atoms with van der Waals surface area (Å²) in [6, 6.07) is 4.38. The molecule has 2 fully saturated rings. The molecule has 2 aliphatic rings. The second kappa shape index (κ2) is 9.30. The number of carbonyl (C=O) groups is 1. The van der Waals surface area contributed by atoms with Crippen molar-refractivity contribution in [1.82, 2.24) is 20.1 Å². The van der Waals surface area contributed by atoms with Crippen LogP contribution in [0.25, 0.3) is 0 Å². The first-order valence-corrected chi connectivity index (χ1v) is 9.92. The van der Waals surface area contributed by atoms with Gasteiger partial charge < -0.3 is 10.2 Å². The largest absolute Gasteiger partial charge is 0.354 e. The summed E-state index contributed by atoms with van der Waals surface area (Å²) in [6.07, 6.45) is 9.56. The average molecular weight is 345 g/mol. The molecule has 3 heterocycles. The number of hydrogen-bond acceptors (Lipinski definition) is 4. The predicted molar refractivity (Wildman–Crippen MR) is 100 cm³/mol. The number of nitrogens with zero attached hydrogens (tertiary/aromatic N) is 3. The maximum atomic E-state index is 12.6. The molecule has 0 aromatic carbocycles. The van der Waals surface area contributed by atoms with Crippen LogP contribution in [0.15, 0.2) is 24.5 Å². The maximum absolute atomic E-state index is 12.6. The number of piperidine rings is 2. The van der Waals surface area contributed by atoms with Gasteiger partial charge in [-0.2, -0.15) is 0 Å². The van der Waals surface area contributed by atoms with E-state index in [0.717, 1.165) is 45.6 Å². The van der Waals surface area contributed by atoms with Crippen molar-refractivity contribution in [2.24, 2.45) is 5.92 Å². The summed E-state index contributed by atoms with van der Waals surface area (Å²) >= 11 is 0. The topological polar surface area (TPSA) is 48.5 Å². The first-order valence-electron chi connectivity index (χ1n) is 9.92. The molecule has 2 saturated heterocycles. The molecule has 0 aliphatic carbocycles. The average Bonchev–Trinajstić information content (AvgIpc) is 2.70. The second-order valence-corrected chi connectivity index (χ2v) is 7.35. The Morgan fingerprint density at radius 2 is 2.00 bits per heavy atom. The zero-order valence-corrected chi connectivity index (χ0v) is 15.5. The Bertz CT molecular complexity index is 522. The number of nitrogens with one attached hydrogen (secondary N) is 1. The summed E-state index contributed by atoms with van der Waals surface area (Å²) in [4.78, 5) is 21.9. The van der Waals surface area contributed by atoms with Crippen LogP contribution in [0.1, 0.15) is 50.6 Å². The number of pyridine rings is 1. The highest BCUT2D eigenvalue weighted by molar-refractivity contribution is 5.78. The molecular weight excluding hydrogens is 312 g/mol. The normalized spacial score (nSPS) is 21.8. The lowest BCUT2D eigenvalue weighted by Gasteiger charge is -2.35. The second-order valence-electron chi connectivity index (χ2n) is 7.35. The van der Waals surface area contributed by atoms with Gasteiger partial charge in [-0.3, -0.25) is 14.7 Å². The minimum absolute atomic E-state index is 0.179. The van der Waals surface area contributed by atoms with Gasteiger partial charge in [0.25, 0.3) is 0 Å². The van der Waals surface area contributed by atoms with Crippen LogP contribution in [0.2, 0.25) is 0 Å². The molecule has 0 spiro atoms. The zero-order chi connectivity index (χ0) is 17.5. The fraction of sp³-hybridized carbons (Fsp3) is 0.700. The standard InChI is InChI=1S/C20H32N4O/c1-2-23-13-8-17(9-14-23)20(25)22-16-19(18-7-6-10-21-15-18)24-11-4-3-5-12-24/h6-7,10,15,17,19H,2-5,8-9,11-14,16H2,1H3,(H,22,25)/t19-/m1/s1. The van der Waals surface area contributed by atoms with Crippen molar-refractivity contribution in [1.29, 1.82) is 0 Å². The highest BCUT2D eigenvalue weighted by atomic mass is 16.1. The van der Waals surface area contributed by atoms with E-state index in [4.69, 9.17) is 0 Å². The van der Waals surface area contributed by atoms with Crippen molar-refractivity contribution in [2.45, 2.75) is 45.1 Å². The Morgan fingerprint density at radius 1 is 1.24 bits per heavy atom. The van der Waals surface area contributed by atoms with Crippen LogP contribution < -0.4 is 5.32 Å². The molecule has 138 valence electrons. The molecule has 5 nitrogen and oxygen atoms in total. The fourth-order valence-electron chi connectivity index (χ4n) is 4.11. The molecule has 0 radical (unpaired) electrons. The lowest BCUT2D eigenvalue weighted by molar-refractivity contribution is -0.126. The van der Waals surface area contributed by atoms with Gasteiger partial charge in [-0.1, -0.05) is 19.4 Å². The summed E-state index contributed by atoms with van der Waals surface area (Å²) in [5, 5.41) is 3.25. The van der Waals surface area contributed by atoms with Crippen LogP contribution in [-0.4, -0.2) is 60.0 Å². The summed E-state index contributed by atoms with van der Waals surface area (Å²) in [6.45, 7) is 8.30. The van der Waals surface area contributed by atoms with Gasteiger partial charge in [0.1, 0.15) is 0 Å². The van der Waals surface area contributed by atoms with Gasteiger partial charge >= 0.3 is 0 Å². The first kappa shape index (κ1) is 18.3. The SMILES string of the molecule is CCN1CCC(C(=O)NC[C@H](c2cccnc2)N2CCCCC2)CC1. The molecule has 1 atom stereocenters. The van der Waals surface area contributed by atoms with E-state index in [-0.39, 0.29) is 17.9 Å². The minimum Gasteiger partial charge on any atom is -0.354 e. The molecule has 1 aromatic heterocycles. The smallest absolute Gasteiger partial charge is 0.223 e. The lowest BCUT2D eigenvalue weighted by Crippen LogP contribution is -2.44. The van der Waals surface area contributed by atoms with E-state index in [1.165, 1.54) is 24.8 Å². The number of rotatable bonds is 6. The van der Waals surface area contributed by atoms with Crippen LogP contribution in [0.5, 0.6) is 0 Å². The Labute approximate surface area is 151 Å². The van der Waals surface area contributed by atoms with Crippen LogP contribution in [0.3, 0.4) is 0 Å². The Balaban J connectivity index is 1.57. The van der Waals surface area contributed by atoms with Crippen molar-refractivity contribution in [2.75, 3.05) is 39.3 Å². The van der Waals surface area contributed by atoms with Crippen molar-refractivity contribution in [3.63, 3.8) is 0 Å². The van der Waals surface area contributed by atoms with E-state index < -0.39 is 0 Å². The minimum atomic E-state index is 0.179. The Morgan fingerprint density at radius 3 is 2.64 bits per heavy atom. The molecule has 0 unspecified atom stereocenters. The highest BCUT2D eigenvalue weighted by Crippen LogP contribution is 2.24. The van der Waals surface area contributed by atoms with Crippen LogP contribution in [0.4, 0.5) is 0 Å². The van der Waals surface area contributed by atoms with E-state index in [0.29, 0.717) is 6.54 Å². The van der Waals surface area contributed by atoms with E-state index >= 15 is 0 Å². The zero-order valence-electron chi connectivity index (χ0n) is 15.5. The van der Waals surface area contributed by atoms with Crippen molar-refractivity contribution in [3.8, 4) is 0 Å². The number of likely N-dealkylation sites (tertiary alicyclic amines) is 2. The first-order chi connectivity index (χ1) is 12.3. The highest BCUT2D eigenvalue weighted by Gasteiger charge is 2.27. The van der Waals surface area contributed by atoms with E-state index in [1.54, 1.807) is 0 Å². The van der Waals surface area contributed by atoms with Gasteiger partial charge in [-0.25, -0.2) is 0 Å². The van der Waals surface area contributed by atoms with Crippen LogP contribution in [-0.2, 0) is 4.79 Å². The number of hydrogen-bond donors (Lipinski definition) is 1. The Kier molecular flexibility index (Phi) is 6.82. The van der Waals surface area contributed by atoms with E-state index in [1.807, 2.05) is 18.5 Å². The quantitative estimate of drug-likeness (QED) is 0.861. The van der Waals surface area contributed by atoms with Gasteiger partial charge in [-0.15, -0.1) is 0 Å². The number of carbonyl (C=O) groups excluding carboxylic acids is 1. The molecular formula is C20H32N4O. The number of aromatic nitrogens is 1. The van der Waals surface area contributed by atoms with Gasteiger partial charge in [0.2, 0.25) is 5.91 Å². The monoisotopic (exact) mass is 344 g/mol. The molecule has 3 rings (SSSR count).